The lowest BCUT2D eigenvalue weighted by atomic mass is 10.1. The van der Waals surface area contributed by atoms with Gasteiger partial charge in [0.1, 0.15) is 5.82 Å². The smallest absolute Gasteiger partial charge is 0.251 e. The molecule has 0 spiro atoms. The zero-order valence-electron chi connectivity index (χ0n) is 10.9. The molecule has 0 aliphatic rings. The van der Waals surface area contributed by atoms with Crippen molar-refractivity contribution in [2.75, 3.05) is 6.54 Å². The van der Waals surface area contributed by atoms with Crippen LogP contribution in [0.5, 0.6) is 0 Å². The average Bonchev–Trinajstić information content (AvgIpc) is 2.46. The van der Waals surface area contributed by atoms with Crippen LogP contribution in [0.15, 0.2) is 54.6 Å². The molecule has 2 rings (SSSR count). The molecule has 1 atom stereocenters. The molecule has 0 aliphatic heterocycles. The van der Waals surface area contributed by atoms with Gasteiger partial charge in [-0.15, -0.1) is 0 Å². The SMILES string of the molecule is O=C(NCC(O)Cc1ccccc1)c1ccc(F)cc1. The van der Waals surface area contributed by atoms with E-state index in [9.17, 15) is 14.3 Å². The molecular weight excluding hydrogens is 257 g/mol. The number of benzene rings is 2. The van der Waals surface area contributed by atoms with Crippen molar-refractivity contribution in [1.82, 2.24) is 5.32 Å². The van der Waals surface area contributed by atoms with E-state index >= 15 is 0 Å². The van der Waals surface area contributed by atoms with E-state index in [1.165, 1.54) is 24.3 Å². The summed E-state index contributed by atoms with van der Waals surface area (Å²) in [7, 11) is 0. The molecule has 4 heteroatoms. The first-order valence-electron chi connectivity index (χ1n) is 6.41. The predicted molar refractivity (Wildman–Crippen MR) is 74.9 cm³/mol. The number of hydrogen-bond acceptors (Lipinski definition) is 2. The van der Waals surface area contributed by atoms with Gasteiger partial charge in [-0.3, -0.25) is 4.79 Å². The van der Waals surface area contributed by atoms with Crippen molar-refractivity contribution in [3.05, 3.63) is 71.5 Å². The molecule has 0 saturated heterocycles. The Balaban J connectivity index is 1.82. The average molecular weight is 273 g/mol. The first-order chi connectivity index (χ1) is 9.65. The van der Waals surface area contributed by atoms with Crippen LogP contribution < -0.4 is 5.32 Å². The van der Waals surface area contributed by atoms with Gasteiger partial charge < -0.3 is 10.4 Å². The van der Waals surface area contributed by atoms with Crippen LogP contribution in [-0.2, 0) is 6.42 Å². The van der Waals surface area contributed by atoms with Crippen molar-refractivity contribution in [2.24, 2.45) is 0 Å². The topological polar surface area (TPSA) is 49.3 Å². The van der Waals surface area contributed by atoms with E-state index < -0.39 is 6.10 Å². The van der Waals surface area contributed by atoms with Gasteiger partial charge in [0.25, 0.3) is 5.91 Å². The lowest BCUT2D eigenvalue weighted by Gasteiger charge is -2.12. The molecule has 0 aromatic heterocycles. The summed E-state index contributed by atoms with van der Waals surface area (Å²) >= 11 is 0. The first kappa shape index (κ1) is 14.2. The minimum atomic E-state index is -0.651. The van der Waals surface area contributed by atoms with Gasteiger partial charge in [-0.25, -0.2) is 4.39 Å². The first-order valence-corrected chi connectivity index (χ1v) is 6.41. The van der Waals surface area contributed by atoms with Crippen molar-refractivity contribution in [1.29, 1.82) is 0 Å². The van der Waals surface area contributed by atoms with Gasteiger partial charge in [-0.2, -0.15) is 0 Å². The number of aliphatic hydroxyl groups excluding tert-OH is 1. The molecule has 0 radical (unpaired) electrons. The van der Waals surface area contributed by atoms with Crippen LogP contribution in [0.25, 0.3) is 0 Å². The van der Waals surface area contributed by atoms with E-state index in [4.69, 9.17) is 0 Å². The van der Waals surface area contributed by atoms with Crippen LogP contribution in [0.4, 0.5) is 4.39 Å². The Morgan fingerprint density at radius 1 is 1.10 bits per heavy atom. The third-order valence-electron chi connectivity index (χ3n) is 2.92. The van der Waals surface area contributed by atoms with Gasteiger partial charge in [0.2, 0.25) is 0 Å². The van der Waals surface area contributed by atoms with Gasteiger partial charge in [-0.05, 0) is 29.8 Å². The number of rotatable bonds is 5. The number of carbonyl (C=O) groups is 1. The van der Waals surface area contributed by atoms with Crippen molar-refractivity contribution in [2.45, 2.75) is 12.5 Å². The van der Waals surface area contributed by atoms with Crippen LogP contribution in [0.3, 0.4) is 0 Å². The fourth-order valence-corrected chi connectivity index (χ4v) is 1.87. The largest absolute Gasteiger partial charge is 0.391 e. The molecule has 2 aromatic rings. The summed E-state index contributed by atoms with van der Waals surface area (Å²) in [6, 6.07) is 14.8. The van der Waals surface area contributed by atoms with Crippen LogP contribution in [0.2, 0.25) is 0 Å². The maximum atomic E-state index is 12.7. The van der Waals surface area contributed by atoms with E-state index in [0.717, 1.165) is 5.56 Å². The fraction of sp³-hybridized carbons (Fsp3) is 0.188. The Labute approximate surface area is 117 Å². The second kappa shape index (κ2) is 6.82. The van der Waals surface area contributed by atoms with Crippen molar-refractivity contribution >= 4 is 5.91 Å². The van der Waals surface area contributed by atoms with Gasteiger partial charge in [0.05, 0.1) is 6.10 Å². The summed E-state index contributed by atoms with van der Waals surface area (Å²) in [6.07, 6.45) is -0.174. The molecule has 0 saturated carbocycles. The summed E-state index contributed by atoms with van der Waals surface area (Å²) < 4.78 is 12.7. The molecule has 0 aliphatic carbocycles. The Morgan fingerprint density at radius 2 is 1.75 bits per heavy atom. The van der Waals surface area contributed by atoms with E-state index in [-0.39, 0.29) is 18.3 Å². The molecule has 1 amide bonds. The number of aliphatic hydroxyl groups is 1. The third-order valence-corrected chi connectivity index (χ3v) is 2.92. The molecule has 0 fully saturated rings. The Kier molecular flexibility index (Phi) is 4.85. The molecule has 2 N–H and O–H groups in total. The minimum absolute atomic E-state index is 0.158. The highest BCUT2D eigenvalue weighted by Gasteiger charge is 2.09. The van der Waals surface area contributed by atoms with Crippen LogP contribution in [0.1, 0.15) is 15.9 Å². The molecule has 0 heterocycles. The third kappa shape index (κ3) is 4.17. The van der Waals surface area contributed by atoms with Gasteiger partial charge in [0, 0.05) is 18.5 Å². The number of nitrogens with one attached hydrogen (secondary N) is 1. The Hall–Kier alpha value is -2.20. The highest BCUT2D eigenvalue weighted by atomic mass is 19.1. The highest BCUT2D eigenvalue weighted by molar-refractivity contribution is 5.94. The lowest BCUT2D eigenvalue weighted by Crippen LogP contribution is -2.33. The zero-order chi connectivity index (χ0) is 14.4. The summed E-state index contributed by atoms with van der Waals surface area (Å²) in [5, 5.41) is 12.5. The zero-order valence-corrected chi connectivity index (χ0v) is 10.9. The highest BCUT2D eigenvalue weighted by Crippen LogP contribution is 2.04. The number of amides is 1. The van der Waals surface area contributed by atoms with E-state index in [1.807, 2.05) is 30.3 Å². The molecule has 1 unspecified atom stereocenters. The summed E-state index contributed by atoms with van der Waals surface area (Å²) in [4.78, 5) is 11.8. The number of hydrogen-bond donors (Lipinski definition) is 2. The molecule has 0 bridgehead atoms. The van der Waals surface area contributed by atoms with Crippen molar-refractivity contribution < 1.29 is 14.3 Å². The predicted octanol–water partition coefficient (Wildman–Crippen LogP) is 2.16. The molecule has 20 heavy (non-hydrogen) atoms. The van der Waals surface area contributed by atoms with E-state index in [2.05, 4.69) is 5.32 Å². The maximum absolute atomic E-state index is 12.7. The fourth-order valence-electron chi connectivity index (χ4n) is 1.87. The van der Waals surface area contributed by atoms with Gasteiger partial charge in [0.15, 0.2) is 0 Å². The van der Waals surface area contributed by atoms with Gasteiger partial charge >= 0.3 is 0 Å². The van der Waals surface area contributed by atoms with Gasteiger partial charge in [-0.1, -0.05) is 30.3 Å². The van der Waals surface area contributed by atoms with E-state index in [0.29, 0.717) is 12.0 Å². The second-order valence-corrected chi connectivity index (χ2v) is 4.56. The quantitative estimate of drug-likeness (QED) is 0.877. The summed E-state index contributed by atoms with van der Waals surface area (Å²) in [5.74, 6) is -0.706. The normalized spacial score (nSPS) is 11.9. The van der Waals surface area contributed by atoms with Crippen LogP contribution in [0, 0.1) is 5.82 Å². The van der Waals surface area contributed by atoms with Crippen LogP contribution >= 0.6 is 0 Å². The van der Waals surface area contributed by atoms with Crippen molar-refractivity contribution in [3.8, 4) is 0 Å². The number of halogens is 1. The maximum Gasteiger partial charge on any atom is 0.251 e. The summed E-state index contributed by atoms with van der Waals surface area (Å²) in [5.41, 5.74) is 1.38. The standard InChI is InChI=1S/C16H16FNO2/c17-14-8-6-13(7-9-14)16(20)18-11-15(19)10-12-4-2-1-3-5-12/h1-9,15,19H,10-11H2,(H,18,20). The molecule has 3 nitrogen and oxygen atoms in total. The minimum Gasteiger partial charge on any atom is -0.391 e. The Bertz CT molecular complexity index is 554. The number of carbonyl (C=O) groups excluding carboxylic acids is 1. The van der Waals surface area contributed by atoms with E-state index in [1.54, 1.807) is 0 Å². The Morgan fingerprint density at radius 3 is 2.40 bits per heavy atom. The van der Waals surface area contributed by atoms with Crippen molar-refractivity contribution in [3.63, 3.8) is 0 Å². The lowest BCUT2D eigenvalue weighted by molar-refractivity contribution is 0.0916. The molecule has 2 aromatic carbocycles. The monoisotopic (exact) mass is 273 g/mol. The molecule has 104 valence electrons. The van der Waals surface area contributed by atoms with Crippen LogP contribution in [-0.4, -0.2) is 23.7 Å². The summed E-state index contributed by atoms with van der Waals surface area (Å²) in [6.45, 7) is 0.158. The second-order valence-electron chi connectivity index (χ2n) is 4.56. The molecular formula is C16H16FNO2.